The lowest BCUT2D eigenvalue weighted by Gasteiger charge is -2.38. The van der Waals surface area contributed by atoms with Gasteiger partial charge in [0.1, 0.15) is 28.9 Å². The zero-order chi connectivity index (χ0) is 19.7. The van der Waals surface area contributed by atoms with Crippen molar-refractivity contribution in [3.05, 3.63) is 30.1 Å². The fourth-order valence-corrected chi connectivity index (χ4v) is 4.42. The van der Waals surface area contributed by atoms with Crippen LogP contribution in [0.3, 0.4) is 0 Å². The standard InChI is InChI=1S/C20H24F2N6/c21-16-11-28(10-15(16)9-27-7-1-4-20(22,12-24)13-27)17-3-2-14(8-23)18-19(17)26-6-5-25-18/h2-3,5-6,15-16H,1,4,7,9-13,24H2/t15-,16?,20?/m0/s1. The van der Waals surface area contributed by atoms with E-state index in [1.165, 1.54) is 0 Å². The minimum absolute atomic E-state index is 0.00917. The highest BCUT2D eigenvalue weighted by Crippen LogP contribution is 2.33. The van der Waals surface area contributed by atoms with Crippen LogP contribution in [0.1, 0.15) is 18.4 Å². The summed E-state index contributed by atoms with van der Waals surface area (Å²) in [4.78, 5) is 12.6. The third-order valence-electron chi connectivity index (χ3n) is 5.89. The van der Waals surface area contributed by atoms with E-state index in [0.29, 0.717) is 36.1 Å². The minimum Gasteiger partial charge on any atom is -0.366 e. The van der Waals surface area contributed by atoms with Crippen molar-refractivity contribution < 1.29 is 8.78 Å². The van der Waals surface area contributed by atoms with Gasteiger partial charge >= 0.3 is 0 Å². The Hall–Kier alpha value is -2.37. The third-order valence-corrected chi connectivity index (χ3v) is 5.89. The highest BCUT2D eigenvalue weighted by Gasteiger charge is 2.39. The Morgan fingerprint density at radius 3 is 2.79 bits per heavy atom. The van der Waals surface area contributed by atoms with Gasteiger partial charge in [-0.25, -0.2) is 8.78 Å². The van der Waals surface area contributed by atoms with Crippen molar-refractivity contribution in [3.63, 3.8) is 0 Å². The summed E-state index contributed by atoms with van der Waals surface area (Å²) in [7, 11) is 0. The van der Waals surface area contributed by atoms with Gasteiger partial charge in [-0.2, -0.15) is 5.26 Å². The minimum atomic E-state index is -1.36. The van der Waals surface area contributed by atoms with Crippen molar-refractivity contribution in [2.75, 3.05) is 44.2 Å². The molecule has 148 valence electrons. The molecular weight excluding hydrogens is 362 g/mol. The molecule has 4 rings (SSSR count). The van der Waals surface area contributed by atoms with E-state index in [1.807, 2.05) is 15.9 Å². The van der Waals surface area contributed by atoms with Gasteiger partial charge in [0, 0.05) is 51.0 Å². The van der Waals surface area contributed by atoms with Crippen molar-refractivity contribution in [1.82, 2.24) is 14.9 Å². The molecule has 2 unspecified atom stereocenters. The fourth-order valence-electron chi connectivity index (χ4n) is 4.42. The average Bonchev–Trinajstić information content (AvgIpc) is 3.07. The van der Waals surface area contributed by atoms with Gasteiger partial charge in [0.15, 0.2) is 0 Å². The first-order chi connectivity index (χ1) is 13.5. The molecule has 2 N–H and O–H groups in total. The van der Waals surface area contributed by atoms with Crippen LogP contribution in [0.4, 0.5) is 14.5 Å². The number of anilines is 1. The summed E-state index contributed by atoms with van der Waals surface area (Å²) in [6, 6.07) is 5.64. The van der Waals surface area contributed by atoms with Crippen LogP contribution in [0, 0.1) is 17.2 Å². The molecule has 3 heterocycles. The maximum Gasteiger partial charge on any atom is 0.135 e. The molecule has 0 spiro atoms. The molecule has 2 saturated heterocycles. The molecule has 28 heavy (non-hydrogen) atoms. The predicted molar refractivity (Wildman–Crippen MR) is 103 cm³/mol. The van der Waals surface area contributed by atoms with Crippen LogP contribution in [0.5, 0.6) is 0 Å². The van der Waals surface area contributed by atoms with Crippen molar-refractivity contribution in [3.8, 4) is 6.07 Å². The largest absolute Gasteiger partial charge is 0.366 e. The zero-order valence-corrected chi connectivity index (χ0v) is 15.7. The van der Waals surface area contributed by atoms with Crippen LogP contribution in [-0.2, 0) is 0 Å². The van der Waals surface area contributed by atoms with Gasteiger partial charge in [0.25, 0.3) is 0 Å². The summed E-state index contributed by atoms with van der Waals surface area (Å²) in [6.45, 7) is 2.36. The number of aromatic nitrogens is 2. The molecule has 0 radical (unpaired) electrons. The number of nitriles is 1. The number of nitrogens with zero attached hydrogens (tertiary/aromatic N) is 5. The lowest BCUT2D eigenvalue weighted by atomic mass is 9.93. The number of hydrogen-bond acceptors (Lipinski definition) is 6. The number of hydrogen-bond donors (Lipinski definition) is 1. The highest BCUT2D eigenvalue weighted by atomic mass is 19.1. The molecule has 0 aliphatic carbocycles. The predicted octanol–water partition coefficient (Wildman–Crippen LogP) is 2.04. The first-order valence-corrected chi connectivity index (χ1v) is 9.67. The lowest BCUT2D eigenvalue weighted by molar-refractivity contribution is 0.0397. The number of fused-ring (bicyclic) bond motifs is 1. The molecule has 2 fully saturated rings. The Labute approximate surface area is 163 Å². The second kappa shape index (κ2) is 7.57. The van der Waals surface area contributed by atoms with Gasteiger partial charge < -0.3 is 10.6 Å². The van der Waals surface area contributed by atoms with Crippen LogP contribution in [0.25, 0.3) is 11.0 Å². The number of alkyl halides is 2. The maximum absolute atomic E-state index is 14.8. The molecule has 0 saturated carbocycles. The smallest absolute Gasteiger partial charge is 0.135 e. The highest BCUT2D eigenvalue weighted by molar-refractivity contribution is 5.92. The van der Waals surface area contributed by atoms with Crippen LogP contribution >= 0.6 is 0 Å². The van der Waals surface area contributed by atoms with Crippen LogP contribution in [0.2, 0.25) is 0 Å². The second-order valence-electron chi connectivity index (χ2n) is 7.87. The Morgan fingerprint density at radius 2 is 2.04 bits per heavy atom. The van der Waals surface area contributed by atoms with Crippen LogP contribution < -0.4 is 10.6 Å². The maximum atomic E-state index is 14.8. The number of likely N-dealkylation sites (tertiary alicyclic amines) is 1. The SMILES string of the molecule is N#Cc1ccc(N2CC(F)[C@@H](CN3CCCC(F)(CN)C3)C2)c2nccnc12. The van der Waals surface area contributed by atoms with E-state index >= 15 is 0 Å². The fraction of sp³-hybridized carbons (Fsp3) is 0.550. The van der Waals surface area contributed by atoms with E-state index in [9.17, 15) is 14.0 Å². The van der Waals surface area contributed by atoms with Crippen molar-refractivity contribution in [2.45, 2.75) is 24.7 Å². The third kappa shape index (κ3) is 3.52. The monoisotopic (exact) mass is 386 g/mol. The zero-order valence-electron chi connectivity index (χ0n) is 15.7. The topological polar surface area (TPSA) is 82.1 Å². The Balaban J connectivity index is 1.52. The van der Waals surface area contributed by atoms with Gasteiger partial charge in [-0.1, -0.05) is 0 Å². The first-order valence-electron chi connectivity index (χ1n) is 9.67. The summed E-state index contributed by atoms with van der Waals surface area (Å²) >= 11 is 0. The van der Waals surface area contributed by atoms with Crippen LogP contribution in [0.15, 0.2) is 24.5 Å². The van der Waals surface area contributed by atoms with Crippen molar-refractivity contribution in [1.29, 1.82) is 5.26 Å². The van der Waals surface area contributed by atoms with E-state index in [-0.39, 0.29) is 25.6 Å². The number of piperidine rings is 1. The number of benzene rings is 1. The van der Waals surface area contributed by atoms with E-state index in [2.05, 4.69) is 16.0 Å². The molecule has 1 aromatic heterocycles. The molecule has 2 aliphatic rings. The van der Waals surface area contributed by atoms with Crippen molar-refractivity contribution in [2.24, 2.45) is 11.7 Å². The normalized spacial score (nSPS) is 28.6. The van der Waals surface area contributed by atoms with Gasteiger partial charge in [0.2, 0.25) is 0 Å². The number of rotatable bonds is 4. The molecular formula is C20H24F2N6. The molecule has 1 aromatic carbocycles. The Morgan fingerprint density at radius 1 is 1.25 bits per heavy atom. The molecule has 2 aromatic rings. The summed E-state index contributed by atoms with van der Waals surface area (Å²) < 4.78 is 29.4. The quantitative estimate of drug-likeness (QED) is 0.866. The summed E-state index contributed by atoms with van der Waals surface area (Å²) in [5, 5.41) is 9.28. The summed E-state index contributed by atoms with van der Waals surface area (Å²) in [5.41, 5.74) is 6.61. The van der Waals surface area contributed by atoms with Gasteiger partial charge in [-0.3, -0.25) is 14.9 Å². The molecule has 0 bridgehead atoms. The van der Waals surface area contributed by atoms with Gasteiger partial charge in [0.05, 0.1) is 11.3 Å². The van der Waals surface area contributed by atoms with Crippen molar-refractivity contribution >= 4 is 16.7 Å². The van der Waals surface area contributed by atoms with Gasteiger partial charge in [-0.15, -0.1) is 0 Å². The molecule has 2 aliphatic heterocycles. The molecule has 3 atom stereocenters. The first kappa shape index (κ1) is 19.0. The van der Waals surface area contributed by atoms with E-state index in [0.717, 1.165) is 18.7 Å². The molecule has 0 amide bonds. The van der Waals surface area contributed by atoms with Crippen LogP contribution in [-0.4, -0.2) is 66.0 Å². The second-order valence-corrected chi connectivity index (χ2v) is 7.87. The molecule has 8 heteroatoms. The van der Waals surface area contributed by atoms with E-state index < -0.39 is 11.8 Å². The van der Waals surface area contributed by atoms with E-state index in [4.69, 9.17) is 5.73 Å². The molecule has 6 nitrogen and oxygen atoms in total. The number of halogens is 2. The Bertz CT molecular complexity index is 900. The average molecular weight is 386 g/mol. The lowest BCUT2D eigenvalue weighted by Crippen LogP contribution is -2.51. The van der Waals surface area contributed by atoms with E-state index in [1.54, 1.807) is 18.5 Å². The van der Waals surface area contributed by atoms with Gasteiger partial charge in [-0.05, 0) is 31.5 Å². The number of nitrogens with two attached hydrogens (primary N) is 1. The summed E-state index contributed by atoms with van der Waals surface area (Å²) in [5.74, 6) is -0.206. The summed E-state index contributed by atoms with van der Waals surface area (Å²) in [6.07, 6.45) is 3.35. The Kier molecular flexibility index (Phi) is 5.13.